The summed E-state index contributed by atoms with van der Waals surface area (Å²) < 4.78 is 0. The molecule has 0 aliphatic carbocycles. The number of allylic oxidation sites excluding steroid dienone is 1. The number of carbonyl (C=O) groups excluding carboxylic acids is 1. The molecule has 0 aliphatic heterocycles. The van der Waals surface area contributed by atoms with Crippen LogP contribution in [0.2, 0.25) is 0 Å². The van der Waals surface area contributed by atoms with Crippen LogP contribution in [0.25, 0.3) is 0 Å². The SMILES string of the molecule is C/C=C/CCNC(=O)Nc1cccc(CCC(=O)O)c1. The molecule has 1 aromatic rings. The standard InChI is InChI=1S/C15H20N2O3/c1-2-3-4-10-16-15(20)17-13-7-5-6-12(11-13)8-9-14(18)19/h2-3,5-7,11H,4,8-10H2,1H3,(H,18,19)(H2,16,17,20)/b3-2+. The number of carboxylic acids is 1. The second kappa shape index (κ2) is 8.74. The van der Waals surface area contributed by atoms with Crippen molar-refractivity contribution in [3.8, 4) is 0 Å². The highest BCUT2D eigenvalue weighted by Crippen LogP contribution is 2.12. The van der Waals surface area contributed by atoms with Gasteiger partial charge in [0.15, 0.2) is 0 Å². The van der Waals surface area contributed by atoms with E-state index in [1.807, 2.05) is 25.1 Å². The van der Waals surface area contributed by atoms with Gasteiger partial charge in [-0.25, -0.2) is 4.79 Å². The zero-order chi connectivity index (χ0) is 14.8. The molecule has 0 spiro atoms. The van der Waals surface area contributed by atoms with Gasteiger partial charge in [0, 0.05) is 18.7 Å². The molecule has 0 heterocycles. The van der Waals surface area contributed by atoms with E-state index in [0.29, 0.717) is 18.7 Å². The molecule has 2 amide bonds. The Morgan fingerprint density at radius 1 is 1.35 bits per heavy atom. The summed E-state index contributed by atoms with van der Waals surface area (Å²) in [6.07, 6.45) is 5.24. The summed E-state index contributed by atoms with van der Waals surface area (Å²) in [6, 6.07) is 6.94. The average Bonchev–Trinajstić information content (AvgIpc) is 2.42. The fourth-order valence-corrected chi connectivity index (χ4v) is 1.67. The highest BCUT2D eigenvalue weighted by molar-refractivity contribution is 5.89. The maximum atomic E-state index is 11.6. The Labute approximate surface area is 118 Å². The van der Waals surface area contributed by atoms with E-state index in [0.717, 1.165) is 12.0 Å². The zero-order valence-electron chi connectivity index (χ0n) is 11.6. The van der Waals surface area contributed by atoms with E-state index in [-0.39, 0.29) is 12.5 Å². The van der Waals surface area contributed by atoms with E-state index in [2.05, 4.69) is 10.6 Å². The molecule has 0 aromatic heterocycles. The molecular formula is C15H20N2O3. The lowest BCUT2D eigenvalue weighted by atomic mass is 10.1. The molecule has 0 saturated heterocycles. The summed E-state index contributed by atoms with van der Waals surface area (Å²) in [5.74, 6) is -0.829. The normalized spacial score (nSPS) is 10.4. The largest absolute Gasteiger partial charge is 0.481 e. The van der Waals surface area contributed by atoms with Crippen LogP contribution < -0.4 is 10.6 Å². The molecule has 20 heavy (non-hydrogen) atoms. The van der Waals surface area contributed by atoms with Crippen molar-refractivity contribution in [2.24, 2.45) is 0 Å². The first-order valence-corrected chi connectivity index (χ1v) is 6.58. The second-order valence-corrected chi connectivity index (χ2v) is 4.33. The quantitative estimate of drug-likeness (QED) is 0.529. The fraction of sp³-hybridized carbons (Fsp3) is 0.333. The van der Waals surface area contributed by atoms with E-state index in [1.54, 1.807) is 18.2 Å². The van der Waals surface area contributed by atoms with Gasteiger partial charge in [0.05, 0.1) is 0 Å². The Bertz CT molecular complexity index is 484. The van der Waals surface area contributed by atoms with Gasteiger partial charge < -0.3 is 15.7 Å². The van der Waals surface area contributed by atoms with Gasteiger partial charge in [-0.1, -0.05) is 24.3 Å². The number of nitrogens with one attached hydrogen (secondary N) is 2. The number of hydrogen-bond acceptors (Lipinski definition) is 2. The molecule has 108 valence electrons. The Kier molecular flexibility index (Phi) is 6.89. The minimum Gasteiger partial charge on any atom is -0.481 e. The number of aliphatic carboxylic acids is 1. The number of anilines is 1. The monoisotopic (exact) mass is 276 g/mol. The van der Waals surface area contributed by atoms with Crippen molar-refractivity contribution < 1.29 is 14.7 Å². The number of carboxylic acid groups (broad SMARTS) is 1. The van der Waals surface area contributed by atoms with Crippen LogP contribution in [0.5, 0.6) is 0 Å². The summed E-state index contributed by atoms with van der Waals surface area (Å²) in [5.41, 5.74) is 1.55. The average molecular weight is 276 g/mol. The van der Waals surface area contributed by atoms with Crippen LogP contribution in [-0.4, -0.2) is 23.7 Å². The molecule has 5 nitrogen and oxygen atoms in total. The number of amides is 2. The summed E-state index contributed by atoms with van der Waals surface area (Å²) in [6.45, 7) is 2.51. The first kappa shape index (κ1) is 15.8. The number of urea groups is 1. The van der Waals surface area contributed by atoms with E-state index in [1.165, 1.54) is 0 Å². The number of rotatable bonds is 7. The van der Waals surface area contributed by atoms with Crippen molar-refractivity contribution in [3.05, 3.63) is 42.0 Å². The van der Waals surface area contributed by atoms with Crippen molar-refractivity contribution >= 4 is 17.7 Å². The molecule has 5 heteroatoms. The van der Waals surface area contributed by atoms with Crippen molar-refractivity contribution in [1.29, 1.82) is 0 Å². The van der Waals surface area contributed by atoms with E-state index in [4.69, 9.17) is 5.11 Å². The number of hydrogen-bond donors (Lipinski definition) is 3. The van der Waals surface area contributed by atoms with Crippen molar-refractivity contribution in [1.82, 2.24) is 5.32 Å². The molecule has 0 saturated carbocycles. The van der Waals surface area contributed by atoms with E-state index in [9.17, 15) is 9.59 Å². The molecule has 1 aromatic carbocycles. The maximum absolute atomic E-state index is 11.6. The van der Waals surface area contributed by atoms with E-state index >= 15 is 0 Å². The molecule has 0 unspecified atom stereocenters. The Morgan fingerprint density at radius 2 is 2.15 bits per heavy atom. The third kappa shape index (κ3) is 6.58. The van der Waals surface area contributed by atoms with Gasteiger partial charge in [-0.15, -0.1) is 0 Å². The topological polar surface area (TPSA) is 78.4 Å². The molecule has 0 fully saturated rings. The molecular weight excluding hydrogens is 256 g/mol. The van der Waals surface area contributed by atoms with Gasteiger partial charge in [0.1, 0.15) is 0 Å². The van der Waals surface area contributed by atoms with Crippen molar-refractivity contribution in [3.63, 3.8) is 0 Å². The minimum atomic E-state index is -0.829. The van der Waals surface area contributed by atoms with Crippen LogP contribution in [0.4, 0.5) is 10.5 Å². The lowest BCUT2D eigenvalue weighted by molar-refractivity contribution is -0.136. The van der Waals surface area contributed by atoms with Crippen LogP contribution in [-0.2, 0) is 11.2 Å². The third-order valence-corrected chi connectivity index (χ3v) is 2.64. The predicted molar refractivity (Wildman–Crippen MR) is 78.9 cm³/mol. The van der Waals surface area contributed by atoms with Gasteiger partial charge in [0.2, 0.25) is 0 Å². The number of carbonyl (C=O) groups is 2. The molecule has 1 rings (SSSR count). The summed E-state index contributed by atoms with van der Waals surface area (Å²) >= 11 is 0. The van der Waals surface area contributed by atoms with Crippen LogP contribution in [0.1, 0.15) is 25.3 Å². The van der Waals surface area contributed by atoms with Crippen LogP contribution >= 0.6 is 0 Å². The van der Waals surface area contributed by atoms with Gasteiger partial charge in [0.25, 0.3) is 0 Å². The first-order valence-electron chi connectivity index (χ1n) is 6.58. The van der Waals surface area contributed by atoms with Crippen LogP contribution in [0.3, 0.4) is 0 Å². The molecule has 0 radical (unpaired) electrons. The minimum absolute atomic E-state index is 0.0823. The fourth-order valence-electron chi connectivity index (χ4n) is 1.67. The Morgan fingerprint density at radius 3 is 2.85 bits per heavy atom. The summed E-state index contributed by atoms with van der Waals surface area (Å²) in [5, 5.41) is 14.1. The maximum Gasteiger partial charge on any atom is 0.319 e. The van der Waals surface area contributed by atoms with Crippen molar-refractivity contribution in [2.75, 3.05) is 11.9 Å². The molecule has 0 atom stereocenters. The molecule has 3 N–H and O–H groups in total. The zero-order valence-corrected chi connectivity index (χ0v) is 11.6. The van der Waals surface area contributed by atoms with Crippen LogP contribution in [0, 0.1) is 0 Å². The summed E-state index contributed by atoms with van der Waals surface area (Å²) in [4.78, 5) is 22.1. The van der Waals surface area contributed by atoms with Gasteiger partial charge in [-0.05, 0) is 37.5 Å². The molecule has 0 aliphatic rings. The predicted octanol–water partition coefficient (Wildman–Crippen LogP) is 2.79. The molecule has 0 bridgehead atoms. The Hall–Kier alpha value is -2.30. The van der Waals surface area contributed by atoms with E-state index < -0.39 is 5.97 Å². The van der Waals surface area contributed by atoms with Crippen molar-refractivity contribution in [2.45, 2.75) is 26.2 Å². The lowest BCUT2D eigenvalue weighted by Crippen LogP contribution is -2.29. The first-order chi connectivity index (χ1) is 9.61. The van der Waals surface area contributed by atoms with Crippen LogP contribution in [0.15, 0.2) is 36.4 Å². The van der Waals surface area contributed by atoms with Gasteiger partial charge in [-0.3, -0.25) is 4.79 Å². The highest BCUT2D eigenvalue weighted by atomic mass is 16.4. The highest BCUT2D eigenvalue weighted by Gasteiger charge is 2.03. The third-order valence-electron chi connectivity index (χ3n) is 2.64. The van der Waals surface area contributed by atoms with Gasteiger partial charge >= 0.3 is 12.0 Å². The van der Waals surface area contributed by atoms with Gasteiger partial charge in [-0.2, -0.15) is 0 Å². The Balaban J connectivity index is 2.44. The number of benzene rings is 1. The second-order valence-electron chi connectivity index (χ2n) is 4.33. The summed E-state index contributed by atoms with van der Waals surface area (Å²) in [7, 11) is 0. The smallest absolute Gasteiger partial charge is 0.319 e. The lowest BCUT2D eigenvalue weighted by Gasteiger charge is -2.08. The number of aryl methyl sites for hydroxylation is 1.